The molecule has 5 aromatic heterocycles. The number of nitrogens with one attached hydrogen (secondary N) is 9. The van der Waals surface area contributed by atoms with Crippen LogP contribution in [0, 0.1) is 38.4 Å². The van der Waals surface area contributed by atoms with Crippen LogP contribution in [0.5, 0.6) is 0 Å². The average Bonchev–Trinajstić information content (AvgIpc) is 4.03. The molecule has 13 N–H and O–H groups in total. The van der Waals surface area contributed by atoms with Gasteiger partial charge >= 0.3 is 0 Å². The van der Waals surface area contributed by atoms with E-state index in [1.807, 2.05) is 0 Å². The molecule has 1 aliphatic heterocycles. The van der Waals surface area contributed by atoms with E-state index in [0.717, 1.165) is 116 Å². The number of hydrogen-bond donors (Lipinski definition) is 11. The summed E-state index contributed by atoms with van der Waals surface area (Å²) in [4.78, 5) is 45.6. The maximum atomic E-state index is 13.2. The normalized spacial score (nSPS) is 12.2. The standard InChI is InChI=1S/C50H73N11O2/c1-9-33-31(7)49-50-32(8)34(10-2)42(61-50)26-40-30(6)38(14-16-48(63)56-24-22-54-20-18-52)46(58-40)28-44-36(12-4)35(11-3)43(59-44)27-45-37(29(5)39(57-45)25-41(33)60-49)13-15-47(62)55-23-21-53-19-17-51/h25-28,53-54,57-61H,9-24,51-52H2,1-8H3,(H,55,62)(H,56,63). The first-order valence-electron chi connectivity index (χ1n) is 23.3. The monoisotopic (exact) mass is 860 g/mol. The summed E-state index contributed by atoms with van der Waals surface area (Å²) in [6, 6.07) is 0. The molecule has 0 spiro atoms. The first-order valence-corrected chi connectivity index (χ1v) is 23.3. The van der Waals surface area contributed by atoms with E-state index in [0.29, 0.717) is 65.0 Å². The van der Waals surface area contributed by atoms with Gasteiger partial charge in [-0.15, -0.1) is 0 Å². The minimum absolute atomic E-state index is 0.0260. The molecule has 6 rings (SSSR count). The highest BCUT2D eigenvalue weighted by Crippen LogP contribution is 2.24. The van der Waals surface area contributed by atoms with Crippen LogP contribution in [0.3, 0.4) is 0 Å². The second-order valence-corrected chi connectivity index (χ2v) is 16.8. The minimum Gasteiger partial charge on any atom is -0.355 e. The number of aromatic amines is 5. The molecule has 0 saturated carbocycles. The molecule has 6 heterocycles. The maximum Gasteiger partial charge on any atom is 0.220 e. The lowest BCUT2D eigenvalue weighted by Crippen LogP contribution is -2.33. The summed E-state index contributed by atoms with van der Waals surface area (Å²) in [5, 5.41) is 19.1. The molecule has 0 aromatic carbocycles. The zero-order chi connectivity index (χ0) is 45.2. The Morgan fingerprint density at radius 1 is 0.444 bits per heavy atom. The summed E-state index contributed by atoms with van der Waals surface area (Å²) in [5.41, 5.74) is 27.3. The smallest absolute Gasteiger partial charge is 0.220 e. The Balaban J connectivity index is 1.59. The van der Waals surface area contributed by atoms with Gasteiger partial charge in [-0.1, -0.05) is 27.7 Å². The lowest BCUT2D eigenvalue weighted by Gasteiger charge is -2.07. The summed E-state index contributed by atoms with van der Waals surface area (Å²) in [5.74, 6) is 0.0519. The van der Waals surface area contributed by atoms with Gasteiger partial charge in [0.05, 0.1) is 10.7 Å². The van der Waals surface area contributed by atoms with Gasteiger partial charge in [0.2, 0.25) is 11.8 Å². The molecule has 13 nitrogen and oxygen atoms in total. The quantitative estimate of drug-likeness (QED) is 0.0516. The first-order chi connectivity index (χ1) is 30.5. The van der Waals surface area contributed by atoms with Gasteiger partial charge in [0.1, 0.15) is 0 Å². The van der Waals surface area contributed by atoms with Crippen molar-refractivity contribution in [3.05, 3.63) is 111 Å². The van der Waals surface area contributed by atoms with Crippen molar-refractivity contribution in [1.29, 1.82) is 0 Å². The van der Waals surface area contributed by atoms with Crippen molar-refractivity contribution in [2.75, 3.05) is 52.4 Å². The predicted molar refractivity (Wildman–Crippen MR) is 257 cm³/mol. The van der Waals surface area contributed by atoms with Crippen LogP contribution in [-0.2, 0) is 48.1 Å². The second-order valence-electron chi connectivity index (χ2n) is 16.8. The average molecular weight is 860 g/mol. The van der Waals surface area contributed by atoms with E-state index in [2.05, 4.69) is 126 Å². The Morgan fingerprint density at radius 3 is 1.17 bits per heavy atom. The number of H-pyrrole nitrogens is 5. The number of aromatic nitrogens is 5. The van der Waals surface area contributed by atoms with Gasteiger partial charge in [-0.2, -0.15) is 0 Å². The van der Waals surface area contributed by atoms with Crippen LogP contribution in [0.15, 0.2) is 0 Å². The van der Waals surface area contributed by atoms with Crippen molar-refractivity contribution < 1.29 is 9.59 Å². The number of carbonyl (C=O) groups excluding carboxylic acids is 2. The predicted octanol–water partition coefficient (Wildman–Crippen LogP) is 1.92. The highest BCUT2D eigenvalue weighted by atomic mass is 16.2. The van der Waals surface area contributed by atoms with Gasteiger partial charge in [-0.05, 0) is 146 Å². The number of hydrogen-bond acceptors (Lipinski definition) is 6. The molecule has 13 heteroatoms. The molecule has 63 heavy (non-hydrogen) atoms. The van der Waals surface area contributed by atoms with Gasteiger partial charge in [-0.25, -0.2) is 0 Å². The van der Waals surface area contributed by atoms with Gasteiger partial charge < -0.3 is 57.7 Å². The van der Waals surface area contributed by atoms with Crippen molar-refractivity contribution in [1.82, 2.24) is 46.2 Å². The van der Waals surface area contributed by atoms with Crippen LogP contribution in [0.2, 0.25) is 0 Å². The first kappa shape index (κ1) is 47.1. The van der Waals surface area contributed by atoms with Crippen molar-refractivity contribution in [3.8, 4) is 0 Å². The Labute approximate surface area is 371 Å². The van der Waals surface area contributed by atoms with Crippen LogP contribution < -0.4 is 54.1 Å². The van der Waals surface area contributed by atoms with E-state index in [1.165, 1.54) is 33.4 Å². The van der Waals surface area contributed by atoms with Crippen molar-refractivity contribution in [2.24, 2.45) is 11.5 Å². The van der Waals surface area contributed by atoms with Crippen LogP contribution in [0.1, 0.15) is 119 Å². The SMILES string of the molecule is CCc1c(CC)c2[nH]c1=Cc1[nH]c(c(C)c1CCC(=O)NCCNCCN)C=c1[nH]c(c(C)c1CC)=c1[nH]c(c(CC)c1C)=Cc1[nH]c(c(CCC(=O)NCCNCCN)c1C)C=2. The molecule has 0 radical (unpaired) electrons. The largest absolute Gasteiger partial charge is 0.355 e. The fourth-order valence-electron chi connectivity index (χ4n) is 9.45. The minimum atomic E-state index is 0.0260. The topological polar surface area (TPSA) is 213 Å². The Morgan fingerprint density at radius 2 is 0.810 bits per heavy atom. The van der Waals surface area contributed by atoms with Crippen LogP contribution in [0.25, 0.3) is 24.3 Å². The molecule has 0 saturated heterocycles. The summed E-state index contributed by atoms with van der Waals surface area (Å²) >= 11 is 0. The van der Waals surface area contributed by atoms with E-state index in [-0.39, 0.29) is 11.8 Å². The second kappa shape index (κ2) is 21.8. The Hall–Kier alpha value is -5.34. The maximum absolute atomic E-state index is 13.2. The molecule has 5 aromatic rings. The van der Waals surface area contributed by atoms with Crippen molar-refractivity contribution >= 4 is 36.1 Å². The molecular weight excluding hydrogens is 787 g/mol. The molecular formula is C50H73N11O2. The van der Waals surface area contributed by atoms with E-state index in [9.17, 15) is 9.59 Å². The number of nitrogens with two attached hydrogens (primary N) is 2. The van der Waals surface area contributed by atoms with Crippen LogP contribution >= 0.6 is 0 Å². The molecule has 2 amide bonds. The molecule has 0 aliphatic carbocycles. The highest BCUT2D eigenvalue weighted by Gasteiger charge is 2.19. The molecule has 10 bridgehead atoms. The number of rotatable bonds is 20. The molecule has 340 valence electrons. The third kappa shape index (κ3) is 10.6. The number of carbonyl (C=O) groups is 2. The van der Waals surface area contributed by atoms with E-state index in [1.54, 1.807) is 0 Å². The molecule has 0 unspecified atom stereocenters. The van der Waals surface area contributed by atoms with Gasteiger partial charge in [0.25, 0.3) is 0 Å². The Bertz CT molecular complexity index is 2570. The third-order valence-electron chi connectivity index (χ3n) is 12.9. The highest BCUT2D eigenvalue weighted by molar-refractivity contribution is 5.77. The fraction of sp³-hybridized carbons (Fsp3) is 0.480. The lowest BCUT2D eigenvalue weighted by atomic mass is 10.0. The van der Waals surface area contributed by atoms with Gasteiger partial charge in [0, 0.05) is 109 Å². The van der Waals surface area contributed by atoms with Crippen LogP contribution in [-0.4, -0.2) is 89.1 Å². The Kier molecular flexibility index (Phi) is 16.3. The van der Waals surface area contributed by atoms with E-state index in [4.69, 9.17) is 11.5 Å². The van der Waals surface area contributed by atoms with Crippen LogP contribution in [0.4, 0.5) is 0 Å². The summed E-state index contributed by atoms with van der Waals surface area (Å²) in [7, 11) is 0. The van der Waals surface area contributed by atoms with Crippen molar-refractivity contribution in [3.63, 3.8) is 0 Å². The summed E-state index contributed by atoms with van der Waals surface area (Å²) in [6.45, 7) is 22.7. The molecule has 1 aliphatic rings. The summed E-state index contributed by atoms with van der Waals surface area (Å²) in [6.07, 6.45) is 14.4. The zero-order valence-electron chi connectivity index (χ0n) is 39.1. The lowest BCUT2D eigenvalue weighted by molar-refractivity contribution is -0.121. The van der Waals surface area contributed by atoms with Gasteiger partial charge in [-0.3, -0.25) is 9.59 Å². The number of amides is 2. The zero-order valence-corrected chi connectivity index (χ0v) is 39.1. The van der Waals surface area contributed by atoms with E-state index < -0.39 is 0 Å². The summed E-state index contributed by atoms with van der Waals surface area (Å²) < 4.78 is 0. The van der Waals surface area contributed by atoms with Gasteiger partial charge in [0.15, 0.2) is 0 Å². The third-order valence-corrected chi connectivity index (χ3v) is 12.9. The van der Waals surface area contributed by atoms with E-state index >= 15 is 0 Å². The molecule has 0 fully saturated rings. The molecule has 0 atom stereocenters. The number of fused-ring (bicyclic) bond motifs is 10. The van der Waals surface area contributed by atoms with Crippen molar-refractivity contribution in [2.45, 2.75) is 107 Å². The fourth-order valence-corrected chi connectivity index (χ4v) is 9.45.